The quantitative estimate of drug-likeness (QED) is 0.775. The molecule has 0 saturated heterocycles. The Labute approximate surface area is 108 Å². The first-order chi connectivity index (χ1) is 9.10. The van der Waals surface area contributed by atoms with Crippen LogP contribution in [-0.4, -0.2) is 17.0 Å². The van der Waals surface area contributed by atoms with Gasteiger partial charge in [0, 0.05) is 5.69 Å². The molecule has 2 rings (SSSR count). The molecular weight excluding hydrogens is 248 g/mol. The summed E-state index contributed by atoms with van der Waals surface area (Å²) in [5.41, 5.74) is 6.02. The lowest BCUT2D eigenvalue weighted by Crippen LogP contribution is -2.11. The first-order valence-electron chi connectivity index (χ1n) is 5.53. The summed E-state index contributed by atoms with van der Waals surface area (Å²) in [6, 6.07) is 8.99. The van der Waals surface area contributed by atoms with Crippen molar-refractivity contribution in [3.8, 4) is 0 Å². The summed E-state index contributed by atoms with van der Waals surface area (Å²) in [6.07, 6.45) is 0. The van der Waals surface area contributed by atoms with Gasteiger partial charge >= 0.3 is 5.97 Å². The number of carbonyl (C=O) groups is 2. The van der Waals surface area contributed by atoms with Gasteiger partial charge in [0.05, 0.1) is 12.1 Å². The third-order valence-electron chi connectivity index (χ3n) is 2.48. The minimum Gasteiger partial charge on any atom is -0.478 e. The molecule has 2 aromatic rings. The molecule has 0 saturated carbocycles. The number of carboxylic acids is 1. The van der Waals surface area contributed by atoms with E-state index in [1.807, 2.05) is 0 Å². The molecule has 0 aliphatic carbocycles. The second kappa shape index (κ2) is 5.36. The Hall–Kier alpha value is -2.60. The molecule has 1 aromatic carbocycles. The third kappa shape index (κ3) is 2.99. The summed E-state index contributed by atoms with van der Waals surface area (Å²) in [6.45, 7) is 0.223. The van der Waals surface area contributed by atoms with Crippen LogP contribution in [0.5, 0.6) is 0 Å². The smallest absolute Gasteiger partial charge is 0.335 e. The predicted octanol–water partition coefficient (Wildman–Crippen LogP) is 1.69. The second-order valence-electron chi connectivity index (χ2n) is 3.81. The Morgan fingerprint density at radius 2 is 1.84 bits per heavy atom. The Morgan fingerprint density at radius 1 is 1.16 bits per heavy atom. The van der Waals surface area contributed by atoms with Gasteiger partial charge in [0.2, 0.25) is 0 Å². The topological polar surface area (TPSA) is 106 Å². The first-order valence-corrected chi connectivity index (χ1v) is 5.53. The molecule has 1 aromatic heterocycles. The van der Waals surface area contributed by atoms with E-state index in [1.165, 1.54) is 30.3 Å². The monoisotopic (exact) mass is 260 g/mol. The molecule has 0 radical (unpaired) electrons. The predicted molar refractivity (Wildman–Crippen MR) is 68.0 cm³/mol. The summed E-state index contributed by atoms with van der Waals surface area (Å²) in [5.74, 6) is -0.756. The van der Waals surface area contributed by atoms with Gasteiger partial charge in [-0.1, -0.05) is 0 Å². The molecular formula is C13H12N2O4. The van der Waals surface area contributed by atoms with Crippen molar-refractivity contribution in [1.82, 2.24) is 0 Å². The van der Waals surface area contributed by atoms with Crippen molar-refractivity contribution >= 4 is 17.6 Å². The fraction of sp³-hybridized carbons (Fsp3) is 0.0769. The number of rotatable bonds is 4. The van der Waals surface area contributed by atoms with Crippen LogP contribution in [0.1, 0.15) is 26.7 Å². The summed E-state index contributed by atoms with van der Waals surface area (Å²) in [5, 5.41) is 11.3. The fourth-order valence-electron chi connectivity index (χ4n) is 1.50. The van der Waals surface area contributed by atoms with Gasteiger partial charge in [0.25, 0.3) is 5.91 Å². The van der Waals surface area contributed by atoms with Crippen LogP contribution in [0.2, 0.25) is 0 Å². The molecule has 0 aliphatic rings. The minimum absolute atomic E-state index is 0.154. The standard InChI is InChI=1S/C13H12N2O4/c14-7-10-5-6-11(19-10)12(16)15-9-3-1-8(2-4-9)13(17)18/h1-6H,7,14H2,(H,15,16)(H,17,18). The average Bonchev–Trinajstić information content (AvgIpc) is 2.88. The van der Waals surface area contributed by atoms with Crippen LogP contribution >= 0.6 is 0 Å². The maximum Gasteiger partial charge on any atom is 0.335 e. The van der Waals surface area contributed by atoms with E-state index in [2.05, 4.69) is 5.32 Å². The number of furan rings is 1. The molecule has 0 unspecified atom stereocenters. The molecule has 6 nitrogen and oxygen atoms in total. The molecule has 0 spiro atoms. The Bertz CT molecular complexity index is 601. The van der Waals surface area contributed by atoms with E-state index >= 15 is 0 Å². The molecule has 6 heteroatoms. The number of hydrogen-bond acceptors (Lipinski definition) is 4. The maximum absolute atomic E-state index is 11.8. The average molecular weight is 260 g/mol. The zero-order valence-electron chi connectivity index (χ0n) is 9.92. The van der Waals surface area contributed by atoms with E-state index in [1.54, 1.807) is 6.07 Å². The van der Waals surface area contributed by atoms with Crippen LogP contribution in [0.25, 0.3) is 0 Å². The number of amides is 1. The Morgan fingerprint density at radius 3 is 2.37 bits per heavy atom. The number of hydrogen-bond donors (Lipinski definition) is 3. The normalized spacial score (nSPS) is 10.2. The summed E-state index contributed by atoms with van der Waals surface area (Å²) < 4.78 is 5.20. The molecule has 98 valence electrons. The van der Waals surface area contributed by atoms with Crippen molar-refractivity contribution in [1.29, 1.82) is 0 Å². The summed E-state index contributed by atoms with van der Waals surface area (Å²) in [4.78, 5) is 22.5. The van der Waals surface area contributed by atoms with Crippen molar-refractivity contribution in [2.24, 2.45) is 5.73 Å². The van der Waals surface area contributed by atoms with Crippen molar-refractivity contribution in [2.75, 3.05) is 5.32 Å². The van der Waals surface area contributed by atoms with E-state index < -0.39 is 11.9 Å². The highest BCUT2D eigenvalue weighted by atomic mass is 16.4. The SMILES string of the molecule is NCc1ccc(C(=O)Nc2ccc(C(=O)O)cc2)o1. The minimum atomic E-state index is -1.02. The molecule has 0 aliphatic heterocycles. The molecule has 0 bridgehead atoms. The van der Waals surface area contributed by atoms with Crippen LogP contribution in [-0.2, 0) is 6.54 Å². The van der Waals surface area contributed by atoms with Gasteiger partial charge in [0.1, 0.15) is 5.76 Å². The van der Waals surface area contributed by atoms with Gasteiger partial charge in [-0.3, -0.25) is 4.79 Å². The number of carbonyl (C=O) groups excluding carboxylic acids is 1. The van der Waals surface area contributed by atoms with E-state index in [-0.39, 0.29) is 17.9 Å². The Kier molecular flexibility index (Phi) is 3.63. The molecule has 1 heterocycles. The molecule has 19 heavy (non-hydrogen) atoms. The molecule has 0 fully saturated rings. The summed E-state index contributed by atoms with van der Waals surface area (Å²) in [7, 11) is 0. The van der Waals surface area contributed by atoms with Crippen molar-refractivity contribution in [3.63, 3.8) is 0 Å². The molecule has 1 amide bonds. The maximum atomic E-state index is 11.8. The number of anilines is 1. The highest BCUT2D eigenvalue weighted by Crippen LogP contribution is 2.13. The van der Waals surface area contributed by atoms with Crippen LogP contribution in [0.4, 0.5) is 5.69 Å². The number of nitrogens with one attached hydrogen (secondary N) is 1. The summed E-state index contributed by atoms with van der Waals surface area (Å²) >= 11 is 0. The number of aromatic carboxylic acids is 1. The molecule has 0 atom stereocenters. The lowest BCUT2D eigenvalue weighted by Gasteiger charge is -2.03. The number of nitrogens with two attached hydrogens (primary N) is 1. The van der Waals surface area contributed by atoms with Crippen molar-refractivity contribution < 1.29 is 19.1 Å². The Balaban J connectivity index is 2.08. The van der Waals surface area contributed by atoms with Gasteiger partial charge in [-0.05, 0) is 36.4 Å². The van der Waals surface area contributed by atoms with E-state index in [9.17, 15) is 9.59 Å². The van der Waals surface area contributed by atoms with Crippen molar-refractivity contribution in [2.45, 2.75) is 6.54 Å². The van der Waals surface area contributed by atoms with Gasteiger partial charge in [0.15, 0.2) is 5.76 Å². The van der Waals surface area contributed by atoms with Crippen LogP contribution < -0.4 is 11.1 Å². The highest BCUT2D eigenvalue weighted by Gasteiger charge is 2.11. The van der Waals surface area contributed by atoms with Crippen molar-refractivity contribution in [3.05, 3.63) is 53.5 Å². The van der Waals surface area contributed by atoms with Gasteiger partial charge < -0.3 is 20.6 Å². The first kappa shape index (κ1) is 12.8. The fourth-order valence-corrected chi connectivity index (χ4v) is 1.50. The zero-order chi connectivity index (χ0) is 13.8. The molecule has 4 N–H and O–H groups in total. The lowest BCUT2D eigenvalue weighted by atomic mass is 10.2. The third-order valence-corrected chi connectivity index (χ3v) is 2.48. The van der Waals surface area contributed by atoms with Gasteiger partial charge in [-0.2, -0.15) is 0 Å². The number of benzene rings is 1. The van der Waals surface area contributed by atoms with Gasteiger partial charge in [-0.15, -0.1) is 0 Å². The van der Waals surface area contributed by atoms with Crippen LogP contribution in [0.15, 0.2) is 40.8 Å². The van der Waals surface area contributed by atoms with Crippen LogP contribution in [0, 0.1) is 0 Å². The van der Waals surface area contributed by atoms with E-state index in [0.717, 1.165) is 0 Å². The largest absolute Gasteiger partial charge is 0.478 e. The van der Waals surface area contributed by atoms with Crippen LogP contribution in [0.3, 0.4) is 0 Å². The van der Waals surface area contributed by atoms with E-state index in [0.29, 0.717) is 11.4 Å². The van der Waals surface area contributed by atoms with E-state index in [4.69, 9.17) is 15.3 Å². The lowest BCUT2D eigenvalue weighted by molar-refractivity contribution is 0.0696. The van der Waals surface area contributed by atoms with Gasteiger partial charge in [-0.25, -0.2) is 4.79 Å². The zero-order valence-corrected chi connectivity index (χ0v) is 9.92. The second-order valence-corrected chi connectivity index (χ2v) is 3.81. The number of carboxylic acid groups (broad SMARTS) is 1. The highest BCUT2D eigenvalue weighted by molar-refractivity contribution is 6.02.